The minimum absolute atomic E-state index is 0.158. The van der Waals surface area contributed by atoms with Crippen LogP contribution in [0.3, 0.4) is 0 Å². The van der Waals surface area contributed by atoms with Crippen LogP contribution in [0.25, 0.3) is 0 Å². The third-order valence-corrected chi connectivity index (χ3v) is 4.41. The van der Waals surface area contributed by atoms with Crippen molar-refractivity contribution in [2.75, 3.05) is 20.2 Å². The highest BCUT2D eigenvalue weighted by Gasteiger charge is 2.19. The van der Waals surface area contributed by atoms with Crippen molar-refractivity contribution >= 4 is 0 Å². The van der Waals surface area contributed by atoms with Crippen LogP contribution in [-0.2, 0) is 24.2 Å². The molecule has 1 aromatic carbocycles. The van der Waals surface area contributed by atoms with Gasteiger partial charge in [-0.2, -0.15) is 0 Å². The quantitative estimate of drug-likeness (QED) is 0.819. The van der Waals surface area contributed by atoms with Gasteiger partial charge in [0.2, 0.25) is 0 Å². The number of ether oxygens (including phenoxy) is 1. The number of halogens is 1. The van der Waals surface area contributed by atoms with Gasteiger partial charge in [0.25, 0.3) is 0 Å². The van der Waals surface area contributed by atoms with E-state index in [1.165, 1.54) is 6.07 Å². The van der Waals surface area contributed by atoms with Gasteiger partial charge in [0, 0.05) is 39.5 Å². The van der Waals surface area contributed by atoms with Crippen LogP contribution in [0.15, 0.2) is 30.5 Å². The van der Waals surface area contributed by atoms with E-state index in [9.17, 15) is 4.39 Å². The molecule has 0 bridgehead atoms. The minimum Gasteiger partial charge on any atom is -0.381 e. The minimum atomic E-state index is -0.158. The van der Waals surface area contributed by atoms with Gasteiger partial charge >= 0.3 is 0 Å². The van der Waals surface area contributed by atoms with Crippen molar-refractivity contribution in [3.63, 3.8) is 0 Å². The maximum Gasteiger partial charge on any atom is 0.126 e. The summed E-state index contributed by atoms with van der Waals surface area (Å²) in [5, 5.41) is 8.38. The first kappa shape index (κ1) is 16.1. The molecular formula is C17H23FN4O. The Morgan fingerprint density at radius 3 is 2.78 bits per heavy atom. The molecule has 0 N–H and O–H groups in total. The average molecular weight is 318 g/mol. The zero-order valence-electron chi connectivity index (χ0n) is 13.5. The summed E-state index contributed by atoms with van der Waals surface area (Å²) in [4.78, 5) is 2.38. The maximum atomic E-state index is 13.6. The first-order valence-corrected chi connectivity index (χ1v) is 8.12. The molecule has 0 aliphatic carbocycles. The van der Waals surface area contributed by atoms with E-state index in [0.29, 0.717) is 24.6 Å². The number of likely N-dealkylation sites (tertiary alicyclic amines) is 1. The molecule has 2 heterocycles. The van der Waals surface area contributed by atoms with Crippen LogP contribution >= 0.6 is 0 Å². The number of hydrogen-bond donors (Lipinski definition) is 0. The van der Waals surface area contributed by atoms with Crippen molar-refractivity contribution in [1.82, 2.24) is 19.9 Å². The molecule has 0 spiro atoms. The Morgan fingerprint density at radius 2 is 2.04 bits per heavy atom. The van der Waals surface area contributed by atoms with Crippen molar-refractivity contribution in [3.8, 4) is 0 Å². The lowest BCUT2D eigenvalue weighted by Gasteiger charge is -2.30. The van der Waals surface area contributed by atoms with Crippen molar-refractivity contribution in [2.24, 2.45) is 0 Å². The molecule has 1 saturated heterocycles. The normalized spacial score (nSPS) is 16.8. The molecule has 0 saturated carbocycles. The standard InChI is InChI=1S/C17H23FN4O/c1-23-16-7-9-21(10-8-16)12-15-13-22(20-19-15)11-6-14-4-2-3-5-17(14)18/h2-5,13,16H,6-12H2,1H3. The summed E-state index contributed by atoms with van der Waals surface area (Å²) in [5.74, 6) is -0.158. The smallest absolute Gasteiger partial charge is 0.126 e. The Labute approximate surface area is 136 Å². The molecule has 23 heavy (non-hydrogen) atoms. The van der Waals surface area contributed by atoms with E-state index in [1.54, 1.807) is 17.9 Å². The van der Waals surface area contributed by atoms with Gasteiger partial charge in [-0.3, -0.25) is 9.58 Å². The second-order valence-corrected chi connectivity index (χ2v) is 6.03. The van der Waals surface area contributed by atoms with E-state index < -0.39 is 0 Å². The van der Waals surface area contributed by atoms with E-state index >= 15 is 0 Å². The number of benzene rings is 1. The number of aryl methyl sites for hydroxylation is 2. The highest BCUT2D eigenvalue weighted by atomic mass is 19.1. The molecule has 0 amide bonds. The van der Waals surface area contributed by atoms with Crippen LogP contribution in [0, 0.1) is 5.82 Å². The van der Waals surface area contributed by atoms with Gasteiger partial charge in [-0.1, -0.05) is 23.4 Å². The molecule has 2 aromatic rings. The van der Waals surface area contributed by atoms with Gasteiger partial charge in [-0.25, -0.2) is 4.39 Å². The average Bonchev–Trinajstić information content (AvgIpc) is 3.02. The third-order valence-electron chi connectivity index (χ3n) is 4.41. The monoisotopic (exact) mass is 318 g/mol. The van der Waals surface area contributed by atoms with Crippen LogP contribution in [0.1, 0.15) is 24.1 Å². The third kappa shape index (κ3) is 4.36. The first-order valence-electron chi connectivity index (χ1n) is 8.12. The zero-order valence-corrected chi connectivity index (χ0v) is 13.5. The van der Waals surface area contributed by atoms with Gasteiger partial charge in [-0.05, 0) is 30.9 Å². The number of rotatable bonds is 6. The SMILES string of the molecule is COC1CCN(Cc2cn(CCc3ccccc3F)nn2)CC1. The van der Waals surface area contributed by atoms with E-state index in [4.69, 9.17) is 4.74 Å². The zero-order chi connectivity index (χ0) is 16.1. The lowest BCUT2D eigenvalue weighted by atomic mass is 10.1. The summed E-state index contributed by atoms with van der Waals surface area (Å²) in [6, 6.07) is 6.87. The summed E-state index contributed by atoms with van der Waals surface area (Å²) >= 11 is 0. The summed E-state index contributed by atoms with van der Waals surface area (Å²) in [6.45, 7) is 3.51. The summed E-state index contributed by atoms with van der Waals surface area (Å²) in [6.07, 6.45) is 5.11. The number of nitrogens with zero attached hydrogens (tertiary/aromatic N) is 4. The molecule has 3 rings (SSSR count). The molecule has 0 unspecified atom stereocenters. The Bertz CT molecular complexity index is 623. The van der Waals surface area contributed by atoms with Crippen LogP contribution in [0.2, 0.25) is 0 Å². The van der Waals surface area contributed by atoms with Crippen molar-refractivity contribution < 1.29 is 9.13 Å². The first-order chi connectivity index (χ1) is 11.2. The Kier molecular flexibility index (Phi) is 5.35. The second-order valence-electron chi connectivity index (χ2n) is 6.03. The van der Waals surface area contributed by atoms with E-state index in [-0.39, 0.29) is 5.82 Å². The summed E-state index contributed by atoms with van der Waals surface area (Å²) in [5.41, 5.74) is 1.68. The molecule has 124 valence electrons. The van der Waals surface area contributed by atoms with Gasteiger partial charge < -0.3 is 4.74 Å². The lowest BCUT2D eigenvalue weighted by molar-refractivity contribution is 0.0385. The van der Waals surface area contributed by atoms with Crippen molar-refractivity contribution in [1.29, 1.82) is 0 Å². The predicted molar refractivity (Wildman–Crippen MR) is 85.4 cm³/mol. The van der Waals surface area contributed by atoms with Crippen LogP contribution < -0.4 is 0 Å². The molecule has 0 radical (unpaired) electrons. The fraction of sp³-hybridized carbons (Fsp3) is 0.529. The predicted octanol–water partition coefficient (Wildman–Crippen LogP) is 2.27. The van der Waals surface area contributed by atoms with Crippen molar-refractivity contribution in [2.45, 2.75) is 38.5 Å². The Morgan fingerprint density at radius 1 is 1.26 bits per heavy atom. The van der Waals surface area contributed by atoms with Gasteiger partial charge in [0.15, 0.2) is 0 Å². The van der Waals surface area contributed by atoms with Crippen LogP contribution in [-0.4, -0.2) is 46.2 Å². The molecule has 1 aromatic heterocycles. The highest BCUT2D eigenvalue weighted by Crippen LogP contribution is 2.15. The van der Waals surface area contributed by atoms with Crippen LogP contribution in [0.4, 0.5) is 4.39 Å². The molecule has 5 nitrogen and oxygen atoms in total. The second kappa shape index (κ2) is 7.66. The summed E-state index contributed by atoms with van der Waals surface area (Å²) in [7, 11) is 1.78. The summed E-state index contributed by atoms with van der Waals surface area (Å²) < 4.78 is 20.8. The van der Waals surface area contributed by atoms with Gasteiger partial charge in [0.05, 0.1) is 11.8 Å². The molecule has 0 atom stereocenters. The molecule has 1 aliphatic heterocycles. The number of aromatic nitrogens is 3. The highest BCUT2D eigenvalue weighted by molar-refractivity contribution is 5.17. The molecule has 1 aliphatic rings. The number of piperidine rings is 1. The number of methoxy groups -OCH3 is 1. The Balaban J connectivity index is 1.49. The topological polar surface area (TPSA) is 43.2 Å². The number of hydrogen-bond acceptors (Lipinski definition) is 4. The van der Waals surface area contributed by atoms with E-state index in [1.807, 2.05) is 18.3 Å². The van der Waals surface area contributed by atoms with E-state index in [2.05, 4.69) is 15.2 Å². The molecule has 6 heteroatoms. The molecular weight excluding hydrogens is 295 g/mol. The van der Waals surface area contributed by atoms with E-state index in [0.717, 1.165) is 38.2 Å². The fourth-order valence-corrected chi connectivity index (χ4v) is 2.99. The fourth-order valence-electron chi connectivity index (χ4n) is 2.99. The molecule has 1 fully saturated rings. The maximum absolute atomic E-state index is 13.6. The van der Waals surface area contributed by atoms with Crippen LogP contribution in [0.5, 0.6) is 0 Å². The Hall–Kier alpha value is -1.79. The lowest BCUT2D eigenvalue weighted by Crippen LogP contribution is -2.36. The van der Waals surface area contributed by atoms with Crippen molar-refractivity contribution in [3.05, 3.63) is 47.5 Å². The van der Waals surface area contributed by atoms with Gasteiger partial charge in [0.1, 0.15) is 5.82 Å². The van der Waals surface area contributed by atoms with Gasteiger partial charge in [-0.15, -0.1) is 5.10 Å². The largest absolute Gasteiger partial charge is 0.381 e.